The van der Waals surface area contributed by atoms with E-state index in [4.69, 9.17) is 0 Å². The summed E-state index contributed by atoms with van der Waals surface area (Å²) in [6, 6.07) is 29.1. The van der Waals surface area contributed by atoms with Gasteiger partial charge in [0, 0.05) is 32.4 Å². The molecule has 1 saturated heterocycles. The van der Waals surface area contributed by atoms with Gasteiger partial charge in [-0.15, -0.1) is 0 Å². The van der Waals surface area contributed by atoms with E-state index in [1.54, 1.807) is 4.52 Å². The monoisotopic (exact) mass is 396 g/mol. The number of rotatable bonds is 4. The van der Waals surface area contributed by atoms with E-state index in [1.807, 2.05) is 35.4 Å². The van der Waals surface area contributed by atoms with Crippen LogP contribution in [0, 0.1) is 0 Å². The maximum atomic E-state index is 13.0. The van der Waals surface area contributed by atoms with Crippen molar-refractivity contribution >= 4 is 11.4 Å². The average Bonchev–Trinajstić information content (AvgIpc) is 3.25. The number of aromatic nitrogens is 2. The van der Waals surface area contributed by atoms with Gasteiger partial charge in [-0.2, -0.15) is 5.10 Å². The smallest absolute Gasteiger partial charge is 0.274 e. The number of amides is 1. The fourth-order valence-electron chi connectivity index (χ4n) is 4.27. The summed E-state index contributed by atoms with van der Waals surface area (Å²) in [7, 11) is 0. The molecule has 0 aliphatic carbocycles. The van der Waals surface area contributed by atoms with Crippen LogP contribution in [-0.4, -0.2) is 51.5 Å². The van der Waals surface area contributed by atoms with Crippen molar-refractivity contribution in [3.8, 4) is 0 Å². The van der Waals surface area contributed by atoms with Crippen LogP contribution in [0.15, 0.2) is 91.1 Å². The van der Waals surface area contributed by atoms with Crippen LogP contribution < -0.4 is 0 Å². The van der Waals surface area contributed by atoms with Crippen LogP contribution in [0.2, 0.25) is 0 Å². The number of piperazine rings is 1. The number of hydrogen-bond acceptors (Lipinski definition) is 3. The second-order valence-electron chi connectivity index (χ2n) is 7.65. The molecular weight excluding hydrogens is 372 g/mol. The lowest BCUT2D eigenvalue weighted by molar-refractivity contribution is 0.0591. The summed E-state index contributed by atoms with van der Waals surface area (Å²) in [6.07, 6.45) is 1.87. The maximum Gasteiger partial charge on any atom is 0.274 e. The molecule has 1 aliphatic rings. The minimum Gasteiger partial charge on any atom is -0.335 e. The van der Waals surface area contributed by atoms with Crippen LogP contribution in [0.1, 0.15) is 27.7 Å². The first-order valence-corrected chi connectivity index (χ1v) is 10.4. The van der Waals surface area contributed by atoms with E-state index in [-0.39, 0.29) is 11.9 Å². The summed E-state index contributed by atoms with van der Waals surface area (Å²) < 4.78 is 1.75. The van der Waals surface area contributed by atoms with Crippen molar-refractivity contribution in [3.05, 3.63) is 108 Å². The SMILES string of the molecule is O=C(c1cc2ccccn2n1)N1CCN(C(c2ccccc2)c2ccccc2)CC1. The van der Waals surface area contributed by atoms with Gasteiger partial charge in [-0.25, -0.2) is 4.52 Å². The van der Waals surface area contributed by atoms with Gasteiger partial charge in [0.25, 0.3) is 5.91 Å². The van der Waals surface area contributed by atoms with Gasteiger partial charge >= 0.3 is 0 Å². The number of fused-ring (bicyclic) bond motifs is 1. The van der Waals surface area contributed by atoms with Gasteiger partial charge < -0.3 is 4.90 Å². The molecule has 0 atom stereocenters. The molecule has 150 valence electrons. The van der Waals surface area contributed by atoms with E-state index in [1.165, 1.54) is 11.1 Å². The molecule has 1 aliphatic heterocycles. The lowest BCUT2D eigenvalue weighted by Gasteiger charge is -2.39. The molecule has 0 N–H and O–H groups in total. The molecule has 0 bridgehead atoms. The second kappa shape index (κ2) is 8.13. The predicted molar refractivity (Wildman–Crippen MR) is 117 cm³/mol. The number of pyridine rings is 1. The highest BCUT2D eigenvalue weighted by molar-refractivity contribution is 5.93. The topological polar surface area (TPSA) is 40.9 Å². The van der Waals surface area contributed by atoms with Crippen molar-refractivity contribution in [2.24, 2.45) is 0 Å². The highest BCUT2D eigenvalue weighted by Gasteiger charge is 2.29. The largest absolute Gasteiger partial charge is 0.335 e. The Morgan fingerprint density at radius 1 is 0.767 bits per heavy atom. The molecule has 0 saturated carbocycles. The molecule has 5 nitrogen and oxygen atoms in total. The number of hydrogen-bond donors (Lipinski definition) is 0. The van der Waals surface area contributed by atoms with E-state index in [0.717, 1.165) is 18.6 Å². The quantitative estimate of drug-likeness (QED) is 0.526. The molecule has 5 rings (SSSR count). The third-order valence-corrected chi connectivity index (χ3v) is 5.79. The Morgan fingerprint density at radius 3 is 1.97 bits per heavy atom. The van der Waals surface area contributed by atoms with Crippen LogP contribution in [-0.2, 0) is 0 Å². The first-order chi connectivity index (χ1) is 14.8. The third-order valence-electron chi connectivity index (χ3n) is 5.79. The minimum absolute atomic E-state index is 0.00863. The Morgan fingerprint density at radius 2 is 1.37 bits per heavy atom. The summed E-state index contributed by atoms with van der Waals surface area (Å²) in [4.78, 5) is 17.4. The van der Waals surface area contributed by atoms with Crippen molar-refractivity contribution in [2.45, 2.75) is 6.04 Å². The summed E-state index contributed by atoms with van der Waals surface area (Å²) in [5, 5.41) is 4.45. The number of carbonyl (C=O) groups is 1. The minimum atomic E-state index is 0.00863. The first kappa shape index (κ1) is 18.6. The lowest BCUT2D eigenvalue weighted by Crippen LogP contribution is -2.50. The molecule has 4 aromatic rings. The number of carbonyl (C=O) groups excluding carboxylic acids is 1. The van der Waals surface area contributed by atoms with Crippen LogP contribution in [0.5, 0.6) is 0 Å². The molecular formula is C25H24N4O. The highest BCUT2D eigenvalue weighted by Crippen LogP contribution is 2.29. The fraction of sp³-hybridized carbons (Fsp3) is 0.200. The number of benzene rings is 2. The van der Waals surface area contributed by atoms with Gasteiger partial charge in [0.15, 0.2) is 5.69 Å². The van der Waals surface area contributed by atoms with Crippen LogP contribution >= 0.6 is 0 Å². The van der Waals surface area contributed by atoms with Crippen molar-refractivity contribution in [2.75, 3.05) is 26.2 Å². The molecule has 5 heteroatoms. The first-order valence-electron chi connectivity index (χ1n) is 10.4. The normalized spacial score (nSPS) is 15.0. The Balaban J connectivity index is 1.34. The summed E-state index contributed by atoms with van der Waals surface area (Å²) >= 11 is 0. The molecule has 2 aromatic heterocycles. The Bertz CT molecular complexity index is 1060. The standard InChI is InChI=1S/C25H24N4O/c30-25(23-19-22-13-7-8-14-29(22)26-23)28-17-15-27(16-18-28)24(20-9-3-1-4-10-20)21-11-5-2-6-12-21/h1-14,19,24H,15-18H2. The zero-order valence-electron chi connectivity index (χ0n) is 16.8. The van der Waals surface area contributed by atoms with Crippen LogP contribution in [0.4, 0.5) is 0 Å². The lowest BCUT2D eigenvalue weighted by atomic mass is 9.96. The molecule has 0 radical (unpaired) electrons. The molecule has 30 heavy (non-hydrogen) atoms. The Kier molecular flexibility index (Phi) is 5.03. The molecule has 1 amide bonds. The van der Waals surface area contributed by atoms with Gasteiger partial charge in [-0.3, -0.25) is 9.69 Å². The van der Waals surface area contributed by atoms with Crippen LogP contribution in [0.3, 0.4) is 0 Å². The second-order valence-corrected chi connectivity index (χ2v) is 7.65. The van der Waals surface area contributed by atoms with Crippen molar-refractivity contribution in [1.82, 2.24) is 19.4 Å². The Labute approximate surface area is 176 Å². The molecule has 1 fully saturated rings. The number of nitrogens with zero attached hydrogens (tertiary/aromatic N) is 4. The van der Waals surface area contributed by atoms with E-state index in [9.17, 15) is 4.79 Å². The molecule has 0 spiro atoms. The Hall–Kier alpha value is -3.44. The van der Waals surface area contributed by atoms with E-state index in [0.29, 0.717) is 18.8 Å². The summed E-state index contributed by atoms with van der Waals surface area (Å²) in [5.41, 5.74) is 4.01. The van der Waals surface area contributed by atoms with Crippen molar-refractivity contribution < 1.29 is 4.79 Å². The molecule has 3 heterocycles. The molecule has 2 aromatic carbocycles. The van der Waals surface area contributed by atoms with Crippen LogP contribution in [0.25, 0.3) is 5.52 Å². The third kappa shape index (κ3) is 3.60. The van der Waals surface area contributed by atoms with E-state index in [2.05, 4.69) is 70.7 Å². The van der Waals surface area contributed by atoms with Crippen molar-refractivity contribution in [1.29, 1.82) is 0 Å². The van der Waals surface area contributed by atoms with Gasteiger partial charge in [-0.1, -0.05) is 66.7 Å². The predicted octanol–water partition coefficient (Wildman–Crippen LogP) is 3.88. The fourth-order valence-corrected chi connectivity index (χ4v) is 4.27. The highest BCUT2D eigenvalue weighted by atomic mass is 16.2. The zero-order valence-corrected chi connectivity index (χ0v) is 16.8. The summed E-state index contributed by atoms with van der Waals surface area (Å²) in [5.74, 6) is 0.00863. The van der Waals surface area contributed by atoms with E-state index >= 15 is 0 Å². The van der Waals surface area contributed by atoms with E-state index < -0.39 is 0 Å². The average molecular weight is 396 g/mol. The van der Waals surface area contributed by atoms with Gasteiger partial charge in [0.05, 0.1) is 11.6 Å². The van der Waals surface area contributed by atoms with Gasteiger partial charge in [0.1, 0.15) is 0 Å². The molecule has 0 unspecified atom stereocenters. The van der Waals surface area contributed by atoms with Crippen molar-refractivity contribution in [3.63, 3.8) is 0 Å². The van der Waals surface area contributed by atoms with Gasteiger partial charge in [0.2, 0.25) is 0 Å². The van der Waals surface area contributed by atoms with Gasteiger partial charge in [-0.05, 0) is 29.3 Å². The maximum absolute atomic E-state index is 13.0. The zero-order chi connectivity index (χ0) is 20.3. The summed E-state index contributed by atoms with van der Waals surface area (Å²) in [6.45, 7) is 3.05.